The van der Waals surface area contributed by atoms with Gasteiger partial charge in [0.05, 0.1) is 26.0 Å². The van der Waals surface area contributed by atoms with Crippen LogP contribution in [0.25, 0.3) is 0 Å². The van der Waals surface area contributed by atoms with Crippen LogP contribution in [0.1, 0.15) is 12.1 Å². The zero-order chi connectivity index (χ0) is 17.0. The van der Waals surface area contributed by atoms with Gasteiger partial charge < -0.3 is 20.1 Å². The average Bonchev–Trinajstić information content (AvgIpc) is 2.65. The largest absolute Gasteiger partial charge is 0.497 e. The van der Waals surface area contributed by atoms with Crippen LogP contribution in [0.15, 0.2) is 53.7 Å². The summed E-state index contributed by atoms with van der Waals surface area (Å²) in [5.74, 6) is 2.42. The fourth-order valence-corrected chi connectivity index (χ4v) is 2.04. The number of nitrogens with one attached hydrogen (secondary N) is 2. The Morgan fingerprint density at radius 2 is 1.84 bits per heavy atom. The van der Waals surface area contributed by atoms with Crippen molar-refractivity contribution in [3.8, 4) is 11.5 Å². The quantitative estimate of drug-likeness (QED) is 0.277. The Morgan fingerprint density at radius 3 is 2.48 bits per heavy atom. The number of hydrogen-bond donors (Lipinski definition) is 2. The van der Waals surface area contributed by atoms with E-state index in [1.54, 1.807) is 20.4 Å². The maximum absolute atomic E-state index is 5.68. The molecule has 1 aromatic heterocycles. The topological polar surface area (TPSA) is 67.8 Å². The highest BCUT2D eigenvalue weighted by molar-refractivity contribution is 14.0. The molecule has 6 nitrogen and oxygen atoms in total. The number of methoxy groups -OCH3 is 1. The van der Waals surface area contributed by atoms with Crippen LogP contribution in [0.5, 0.6) is 11.5 Å². The number of aliphatic imine (C=N–C) groups is 1. The molecule has 0 amide bonds. The average molecular weight is 456 g/mol. The third-order valence-corrected chi connectivity index (χ3v) is 3.33. The van der Waals surface area contributed by atoms with Gasteiger partial charge in [0.25, 0.3) is 0 Å². The maximum Gasteiger partial charge on any atom is 0.191 e. The Hall–Kier alpha value is -2.03. The molecule has 0 aliphatic heterocycles. The van der Waals surface area contributed by atoms with E-state index >= 15 is 0 Å². The molecule has 2 aromatic rings. The highest BCUT2D eigenvalue weighted by atomic mass is 127. The molecule has 2 N–H and O–H groups in total. The summed E-state index contributed by atoms with van der Waals surface area (Å²) in [4.78, 5) is 8.46. The van der Waals surface area contributed by atoms with E-state index in [9.17, 15) is 0 Å². The summed E-state index contributed by atoms with van der Waals surface area (Å²) >= 11 is 0. The van der Waals surface area contributed by atoms with E-state index in [1.807, 2.05) is 42.5 Å². The van der Waals surface area contributed by atoms with Crippen LogP contribution in [0.3, 0.4) is 0 Å². The van der Waals surface area contributed by atoms with Crippen LogP contribution in [-0.4, -0.2) is 38.3 Å². The van der Waals surface area contributed by atoms with Gasteiger partial charge in [-0.3, -0.25) is 9.98 Å². The van der Waals surface area contributed by atoms with E-state index in [0.29, 0.717) is 13.2 Å². The van der Waals surface area contributed by atoms with Gasteiger partial charge in [0.15, 0.2) is 5.96 Å². The van der Waals surface area contributed by atoms with E-state index in [2.05, 4.69) is 20.6 Å². The molecule has 0 unspecified atom stereocenters. The summed E-state index contributed by atoms with van der Waals surface area (Å²) in [6.45, 7) is 2.05. The Kier molecular flexibility index (Phi) is 10.4. The molecule has 0 saturated heterocycles. The number of halogens is 1. The van der Waals surface area contributed by atoms with Gasteiger partial charge in [-0.1, -0.05) is 6.07 Å². The highest BCUT2D eigenvalue weighted by Crippen LogP contribution is 2.16. The van der Waals surface area contributed by atoms with Gasteiger partial charge >= 0.3 is 0 Å². The van der Waals surface area contributed by atoms with Crippen molar-refractivity contribution >= 4 is 29.9 Å². The summed E-state index contributed by atoms with van der Waals surface area (Å²) in [5.41, 5.74) is 0.975. The number of nitrogens with zero attached hydrogens (tertiary/aromatic N) is 2. The van der Waals surface area contributed by atoms with E-state index in [4.69, 9.17) is 9.47 Å². The van der Waals surface area contributed by atoms with Crippen molar-refractivity contribution in [2.75, 3.05) is 27.3 Å². The van der Waals surface area contributed by atoms with Crippen molar-refractivity contribution in [3.63, 3.8) is 0 Å². The lowest BCUT2D eigenvalue weighted by Crippen LogP contribution is -2.37. The molecule has 0 radical (unpaired) electrons. The van der Waals surface area contributed by atoms with Crippen molar-refractivity contribution in [3.05, 3.63) is 54.4 Å². The number of benzene rings is 1. The van der Waals surface area contributed by atoms with Crippen molar-refractivity contribution in [2.45, 2.75) is 13.0 Å². The summed E-state index contributed by atoms with van der Waals surface area (Å²) in [6.07, 6.45) is 2.65. The van der Waals surface area contributed by atoms with Crippen LogP contribution in [0.2, 0.25) is 0 Å². The molecule has 25 heavy (non-hydrogen) atoms. The second kappa shape index (κ2) is 12.3. The van der Waals surface area contributed by atoms with Gasteiger partial charge in [0, 0.05) is 19.8 Å². The predicted octanol–water partition coefficient (Wildman–Crippen LogP) is 2.84. The first kappa shape index (κ1) is 21.0. The zero-order valence-electron chi connectivity index (χ0n) is 14.6. The Morgan fingerprint density at radius 1 is 1.08 bits per heavy atom. The number of pyridine rings is 1. The zero-order valence-corrected chi connectivity index (χ0v) is 16.9. The van der Waals surface area contributed by atoms with E-state index in [0.717, 1.165) is 36.1 Å². The van der Waals surface area contributed by atoms with Crippen molar-refractivity contribution in [1.29, 1.82) is 0 Å². The predicted molar refractivity (Wildman–Crippen MR) is 111 cm³/mol. The Balaban J connectivity index is 0.00000312. The molecule has 0 aliphatic carbocycles. The van der Waals surface area contributed by atoms with Gasteiger partial charge in [-0.25, -0.2) is 0 Å². The Labute approximate surface area is 166 Å². The minimum absolute atomic E-state index is 0. The second-order valence-electron chi connectivity index (χ2n) is 5.05. The number of hydrogen-bond acceptors (Lipinski definition) is 4. The minimum atomic E-state index is 0. The van der Waals surface area contributed by atoms with Crippen molar-refractivity contribution in [1.82, 2.24) is 15.6 Å². The molecule has 136 valence electrons. The van der Waals surface area contributed by atoms with Crippen LogP contribution < -0.4 is 20.1 Å². The number of ether oxygens (including phenoxy) is 2. The summed E-state index contributed by atoms with van der Waals surface area (Å²) in [7, 11) is 3.40. The van der Waals surface area contributed by atoms with Gasteiger partial charge in [0.1, 0.15) is 11.5 Å². The molecule has 0 spiro atoms. The Bertz CT molecular complexity index is 621. The molecule has 7 heteroatoms. The molecular formula is C18H25IN4O2. The smallest absolute Gasteiger partial charge is 0.191 e. The number of rotatable bonds is 8. The van der Waals surface area contributed by atoms with E-state index < -0.39 is 0 Å². The molecule has 0 bridgehead atoms. The normalized spacial score (nSPS) is 10.6. The summed E-state index contributed by atoms with van der Waals surface area (Å²) < 4.78 is 10.8. The van der Waals surface area contributed by atoms with Gasteiger partial charge in [-0.05, 0) is 42.8 Å². The SMILES string of the molecule is CN=C(NCCCOc1ccc(OC)cc1)NCc1ccccn1.I. The monoisotopic (exact) mass is 456 g/mol. The van der Waals surface area contributed by atoms with Gasteiger partial charge in [-0.15, -0.1) is 24.0 Å². The van der Waals surface area contributed by atoms with Crippen LogP contribution in [-0.2, 0) is 6.54 Å². The molecule has 2 rings (SSSR count). The fraction of sp³-hybridized carbons (Fsp3) is 0.333. The molecule has 1 heterocycles. The lowest BCUT2D eigenvalue weighted by Gasteiger charge is -2.12. The van der Waals surface area contributed by atoms with Crippen molar-refractivity contribution in [2.24, 2.45) is 4.99 Å². The van der Waals surface area contributed by atoms with E-state index in [-0.39, 0.29) is 24.0 Å². The number of aromatic nitrogens is 1. The summed E-state index contributed by atoms with van der Waals surface area (Å²) in [5, 5.41) is 6.48. The van der Waals surface area contributed by atoms with Crippen molar-refractivity contribution < 1.29 is 9.47 Å². The summed E-state index contributed by atoms with van der Waals surface area (Å²) in [6, 6.07) is 13.4. The van der Waals surface area contributed by atoms with Gasteiger partial charge in [-0.2, -0.15) is 0 Å². The fourth-order valence-electron chi connectivity index (χ4n) is 2.04. The first-order chi connectivity index (χ1) is 11.8. The second-order valence-corrected chi connectivity index (χ2v) is 5.05. The standard InChI is InChI=1S/C18H24N4O2.HI/c1-19-18(22-14-15-6-3-4-11-20-15)21-12-5-13-24-17-9-7-16(23-2)8-10-17;/h3-4,6-11H,5,12-14H2,1-2H3,(H2,19,21,22);1H. The highest BCUT2D eigenvalue weighted by Gasteiger charge is 1.99. The number of guanidine groups is 1. The van der Waals surface area contributed by atoms with Gasteiger partial charge in [0.2, 0.25) is 0 Å². The lowest BCUT2D eigenvalue weighted by atomic mass is 10.3. The molecule has 0 fully saturated rings. The third-order valence-electron chi connectivity index (χ3n) is 3.33. The first-order valence-electron chi connectivity index (χ1n) is 7.93. The lowest BCUT2D eigenvalue weighted by molar-refractivity contribution is 0.310. The van der Waals surface area contributed by atoms with Crippen LogP contribution in [0, 0.1) is 0 Å². The molecule has 0 saturated carbocycles. The van der Waals surface area contributed by atoms with Crippen LogP contribution in [0.4, 0.5) is 0 Å². The van der Waals surface area contributed by atoms with Crippen LogP contribution >= 0.6 is 24.0 Å². The molecule has 0 atom stereocenters. The third kappa shape index (κ3) is 8.06. The maximum atomic E-state index is 5.68. The molecule has 0 aliphatic rings. The molecular weight excluding hydrogens is 431 g/mol. The van der Waals surface area contributed by atoms with E-state index in [1.165, 1.54) is 0 Å². The first-order valence-corrected chi connectivity index (χ1v) is 7.93. The molecule has 1 aromatic carbocycles. The minimum Gasteiger partial charge on any atom is -0.497 e.